The first kappa shape index (κ1) is 14.5. The lowest BCUT2D eigenvalue weighted by atomic mass is 10.0. The van der Waals surface area contributed by atoms with Crippen molar-refractivity contribution in [1.82, 2.24) is 10.2 Å². The van der Waals surface area contributed by atoms with Crippen molar-refractivity contribution in [2.24, 2.45) is 5.92 Å². The van der Waals surface area contributed by atoms with Gasteiger partial charge in [-0.05, 0) is 50.9 Å². The second-order valence-electron chi connectivity index (χ2n) is 6.07. The van der Waals surface area contributed by atoms with E-state index in [9.17, 15) is 0 Å². The van der Waals surface area contributed by atoms with Crippen LogP contribution in [0.15, 0.2) is 24.3 Å². The first-order valence-corrected chi connectivity index (χ1v) is 7.62. The summed E-state index contributed by atoms with van der Waals surface area (Å²) in [5, 5.41) is 3.47. The van der Waals surface area contributed by atoms with Crippen molar-refractivity contribution in [2.75, 3.05) is 27.2 Å². The van der Waals surface area contributed by atoms with Crippen molar-refractivity contribution in [3.63, 3.8) is 0 Å². The van der Waals surface area contributed by atoms with Gasteiger partial charge in [-0.15, -0.1) is 0 Å². The molecule has 19 heavy (non-hydrogen) atoms. The summed E-state index contributed by atoms with van der Waals surface area (Å²) in [5.74, 6) is 0.930. The normalized spacial score (nSPS) is 18.1. The molecule has 0 aromatic heterocycles. The van der Waals surface area contributed by atoms with Crippen molar-refractivity contribution in [3.05, 3.63) is 35.4 Å². The predicted octanol–water partition coefficient (Wildman–Crippen LogP) is 3.38. The number of rotatable bonds is 6. The number of likely N-dealkylation sites (N-methyl/N-ethyl adjacent to an activating group) is 2. The molecule has 0 heterocycles. The highest BCUT2D eigenvalue weighted by atomic mass is 15.1. The number of hydrogen-bond donors (Lipinski definition) is 1. The Morgan fingerprint density at radius 2 is 1.95 bits per heavy atom. The Bertz CT molecular complexity index is 383. The van der Waals surface area contributed by atoms with E-state index >= 15 is 0 Å². The molecule has 1 aliphatic carbocycles. The van der Waals surface area contributed by atoms with Crippen LogP contribution in [-0.2, 0) is 0 Å². The van der Waals surface area contributed by atoms with Crippen molar-refractivity contribution in [2.45, 2.75) is 38.6 Å². The monoisotopic (exact) mass is 260 g/mol. The summed E-state index contributed by atoms with van der Waals surface area (Å²) in [7, 11) is 4.33. The van der Waals surface area contributed by atoms with Crippen LogP contribution < -0.4 is 5.32 Å². The summed E-state index contributed by atoms with van der Waals surface area (Å²) < 4.78 is 0. The van der Waals surface area contributed by atoms with Gasteiger partial charge in [-0.2, -0.15) is 0 Å². The van der Waals surface area contributed by atoms with Gasteiger partial charge in [0.25, 0.3) is 0 Å². The maximum Gasteiger partial charge on any atom is 0.0449 e. The highest BCUT2D eigenvalue weighted by Crippen LogP contribution is 2.26. The lowest BCUT2D eigenvalue weighted by Crippen LogP contribution is -2.34. The van der Waals surface area contributed by atoms with Crippen LogP contribution in [0.5, 0.6) is 0 Å². The van der Waals surface area contributed by atoms with Gasteiger partial charge in [0.15, 0.2) is 0 Å². The molecule has 1 atom stereocenters. The molecule has 1 fully saturated rings. The van der Waals surface area contributed by atoms with Crippen LogP contribution in [0.1, 0.15) is 42.9 Å². The number of hydrogen-bond acceptors (Lipinski definition) is 2. The molecule has 1 aromatic rings. The van der Waals surface area contributed by atoms with Crippen molar-refractivity contribution >= 4 is 0 Å². The molecule has 0 saturated heterocycles. The van der Waals surface area contributed by atoms with Crippen LogP contribution in [0.3, 0.4) is 0 Å². The van der Waals surface area contributed by atoms with Gasteiger partial charge < -0.3 is 10.2 Å². The van der Waals surface area contributed by atoms with Gasteiger partial charge in [-0.25, -0.2) is 0 Å². The molecule has 1 aromatic carbocycles. The maximum absolute atomic E-state index is 3.47. The van der Waals surface area contributed by atoms with E-state index in [-0.39, 0.29) is 0 Å². The fraction of sp³-hybridized carbons (Fsp3) is 0.647. The van der Waals surface area contributed by atoms with Gasteiger partial charge in [0.2, 0.25) is 0 Å². The van der Waals surface area contributed by atoms with Crippen LogP contribution in [0.25, 0.3) is 0 Å². The Hall–Kier alpha value is -0.860. The molecule has 0 bridgehead atoms. The zero-order valence-electron chi connectivity index (χ0n) is 12.7. The SMILES string of the molecule is CNC(CN(C)CC1CCCC1)c1ccccc1C. The Labute approximate surface area is 118 Å². The lowest BCUT2D eigenvalue weighted by Gasteiger charge is -2.27. The topological polar surface area (TPSA) is 15.3 Å². The van der Waals surface area contributed by atoms with Crippen LogP contribution >= 0.6 is 0 Å². The largest absolute Gasteiger partial charge is 0.312 e. The Balaban J connectivity index is 1.93. The van der Waals surface area contributed by atoms with E-state index in [0.29, 0.717) is 6.04 Å². The van der Waals surface area contributed by atoms with E-state index in [4.69, 9.17) is 0 Å². The minimum Gasteiger partial charge on any atom is -0.312 e. The predicted molar refractivity (Wildman–Crippen MR) is 82.4 cm³/mol. The zero-order valence-corrected chi connectivity index (χ0v) is 12.7. The van der Waals surface area contributed by atoms with Gasteiger partial charge in [-0.3, -0.25) is 0 Å². The second-order valence-corrected chi connectivity index (χ2v) is 6.07. The Morgan fingerprint density at radius 1 is 1.26 bits per heavy atom. The summed E-state index contributed by atoms with van der Waals surface area (Å²) >= 11 is 0. The molecule has 0 amide bonds. The van der Waals surface area contributed by atoms with Gasteiger partial charge in [0.05, 0.1) is 0 Å². The molecule has 2 heteroatoms. The number of nitrogens with zero attached hydrogens (tertiary/aromatic N) is 1. The summed E-state index contributed by atoms with van der Waals surface area (Å²) in [6.45, 7) is 4.55. The fourth-order valence-electron chi connectivity index (χ4n) is 3.34. The minimum atomic E-state index is 0.438. The molecule has 0 aliphatic heterocycles. The average Bonchev–Trinajstić information content (AvgIpc) is 2.89. The van der Waals surface area contributed by atoms with Gasteiger partial charge >= 0.3 is 0 Å². The standard InChI is InChI=1S/C17H28N2/c1-14-8-4-7-11-16(14)17(18-2)13-19(3)12-15-9-5-6-10-15/h4,7-8,11,15,17-18H,5-6,9-10,12-13H2,1-3H3. The highest BCUT2D eigenvalue weighted by Gasteiger charge is 2.19. The van der Waals surface area contributed by atoms with Crippen molar-refractivity contribution in [1.29, 1.82) is 0 Å². The molecule has 106 valence electrons. The van der Waals surface area contributed by atoms with Crippen molar-refractivity contribution in [3.8, 4) is 0 Å². The van der Waals surface area contributed by atoms with Gasteiger partial charge in [-0.1, -0.05) is 37.1 Å². The summed E-state index contributed by atoms with van der Waals surface area (Å²) in [4.78, 5) is 2.50. The molecule has 2 rings (SSSR count). The molecular formula is C17H28N2. The van der Waals surface area contributed by atoms with Crippen molar-refractivity contribution < 1.29 is 0 Å². The van der Waals surface area contributed by atoms with Crippen LogP contribution in [0.2, 0.25) is 0 Å². The third-order valence-electron chi connectivity index (χ3n) is 4.45. The molecular weight excluding hydrogens is 232 g/mol. The third kappa shape index (κ3) is 4.05. The molecule has 1 unspecified atom stereocenters. The average molecular weight is 260 g/mol. The van der Waals surface area contributed by atoms with Crippen LogP contribution in [-0.4, -0.2) is 32.1 Å². The van der Waals surface area contributed by atoms with Gasteiger partial charge in [0.1, 0.15) is 0 Å². The fourth-order valence-corrected chi connectivity index (χ4v) is 3.34. The Morgan fingerprint density at radius 3 is 2.58 bits per heavy atom. The van der Waals surface area contributed by atoms with E-state index in [1.165, 1.54) is 43.4 Å². The minimum absolute atomic E-state index is 0.438. The maximum atomic E-state index is 3.47. The molecule has 0 spiro atoms. The first-order valence-electron chi connectivity index (χ1n) is 7.62. The van der Waals surface area contributed by atoms with Crippen LogP contribution in [0, 0.1) is 12.8 Å². The second kappa shape index (κ2) is 7.06. The zero-order chi connectivity index (χ0) is 13.7. The summed E-state index contributed by atoms with van der Waals surface area (Å²) in [5.41, 5.74) is 2.82. The van der Waals surface area contributed by atoms with E-state index in [2.05, 4.69) is 55.5 Å². The van der Waals surface area contributed by atoms with E-state index < -0.39 is 0 Å². The molecule has 0 radical (unpaired) electrons. The van der Waals surface area contributed by atoms with E-state index in [0.717, 1.165) is 12.5 Å². The quantitative estimate of drug-likeness (QED) is 0.843. The van der Waals surface area contributed by atoms with Gasteiger partial charge in [0, 0.05) is 19.1 Å². The highest BCUT2D eigenvalue weighted by molar-refractivity contribution is 5.28. The molecule has 1 aliphatic rings. The molecule has 1 N–H and O–H groups in total. The Kier molecular flexibility index (Phi) is 5.41. The van der Waals surface area contributed by atoms with Crippen LogP contribution in [0.4, 0.5) is 0 Å². The van der Waals surface area contributed by atoms with E-state index in [1.807, 2.05) is 0 Å². The molecule has 1 saturated carbocycles. The van der Waals surface area contributed by atoms with E-state index in [1.54, 1.807) is 0 Å². The first-order chi connectivity index (χ1) is 9.20. The third-order valence-corrected chi connectivity index (χ3v) is 4.45. The lowest BCUT2D eigenvalue weighted by molar-refractivity contribution is 0.253. The summed E-state index contributed by atoms with van der Waals surface area (Å²) in [6.07, 6.45) is 5.73. The summed E-state index contributed by atoms with van der Waals surface area (Å²) in [6, 6.07) is 9.15. The number of benzene rings is 1. The molecule has 2 nitrogen and oxygen atoms in total. The number of aryl methyl sites for hydroxylation is 1. The smallest absolute Gasteiger partial charge is 0.0449 e. The number of nitrogens with one attached hydrogen (secondary N) is 1.